The van der Waals surface area contributed by atoms with E-state index in [-0.39, 0.29) is 18.1 Å². The summed E-state index contributed by atoms with van der Waals surface area (Å²) in [5, 5.41) is 2.98. The second kappa shape index (κ2) is 6.98. The first-order valence-electron chi connectivity index (χ1n) is 7.38. The van der Waals surface area contributed by atoms with Gasteiger partial charge in [0.15, 0.2) is 0 Å². The monoisotopic (exact) mass is 298 g/mol. The molecule has 1 unspecified atom stereocenters. The summed E-state index contributed by atoms with van der Waals surface area (Å²) in [5.74, 6) is 0.684. The molecule has 0 saturated heterocycles. The van der Waals surface area contributed by atoms with Gasteiger partial charge in [0, 0.05) is 11.3 Å². The molecule has 116 valence electrons. The van der Waals surface area contributed by atoms with Gasteiger partial charge in [-0.2, -0.15) is 0 Å². The van der Waals surface area contributed by atoms with E-state index in [1.165, 1.54) is 0 Å². The first-order chi connectivity index (χ1) is 10.5. The minimum atomic E-state index is -0.123. The van der Waals surface area contributed by atoms with Crippen molar-refractivity contribution in [3.63, 3.8) is 0 Å². The zero-order valence-corrected chi connectivity index (χ0v) is 13.2. The van der Waals surface area contributed by atoms with E-state index < -0.39 is 0 Å². The van der Waals surface area contributed by atoms with Crippen molar-refractivity contribution in [2.24, 2.45) is 0 Å². The smallest absolute Gasteiger partial charge is 0.251 e. The molecule has 0 radical (unpaired) electrons. The fraction of sp³-hybridized carbons (Fsp3) is 0.278. The molecule has 2 aromatic carbocycles. The van der Waals surface area contributed by atoms with Crippen LogP contribution in [-0.4, -0.2) is 12.0 Å². The van der Waals surface area contributed by atoms with Crippen molar-refractivity contribution in [2.45, 2.75) is 32.9 Å². The molecule has 22 heavy (non-hydrogen) atoms. The van der Waals surface area contributed by atoms with Crippen LogP contribution in [0.5, 0.6) is 5.75 Å². The van der Waals surface area contributed by atoms with Gasteiger partial charge in [-0.1, -0.05) is 12.1 Å². The lowest BCUT2D eigenvalue weighted by Crippen LogP contribution is -2.26. The van der Waals surface area contributed by atoms with Gasteiger partial charge in [-0.3, -0.25) is 4.79 Å². The Morgan fingerprint density at radius 3 is 2.41 bits per heavy atom. The maximum Gasteiger partial charge on any atom is 0.251 e. The van der Waals surface area contributed by atoms with Gasteiger partial charge in [0.25, 0.3) is 5.91 Å². The molecule has 4 nitrogen and oxygen atoms in total. The van der Waals surface area contributed by atoms with Crippen molar-refractivity contribution < 1.29 is 9.53 Å². The molecule has 0 aromatic heterocycles. The molecule has 0 saturated carbocycles. The van der Waals surface area contributed by atoms with Gasteiger partial charge >= 0.3 is 0 Å². The number of hydrogen-bond acceptors (Lipinski definition) is 3. The van der Waals surface area contributed by atoms with Crippen molar-refractivity contribution in [2.75, 3.05) is 5.73 Å². The molecule has 0 aliphatic carbocycles. The highest BCUT2D eigenvalue weighted by molar-refractivity contribution is 5.94. The standard InChI is InChI=1S/C18H22N2O2/c1-12(2)22-17-6-4-5-15(11-17)13(3)20-18(21)14-7-9-16(19)10-8-14/h4-13H,19H2,1-3H3,(H,20,21). The van der Waals surface area contributed by atoms with E-state index in [4.69, 9.17) is 10.5 Å². The average Bonchev–Trinajstić information content (AvgIpc) is 2.47. The number of carbonyl (C=O) groups is 1. The zero-order chi connectivity index (χ0) is 16.1. The first kappa shape index (κ1) is 15.9. The molecule has 1 amide bonds. The second-order valence-electron chi connectivity index (χ2n) is 5.56. The van der Waals surface area contributed by atoms with Gasteiger partial charge in [0.2, 0.25) is 0 Å². The van der Waals surface area contributed by atoms with Crippen LogP contribution in [0, 0.1) is 0 Å². The summed E-state index contributed by atoms with van der Waals surface area (Å²) < 4.78 is 5.68. The predicted molar refractivity (Wildman–Crippen MR) is 88.9 cm³/mol. The van der Waals surface area contributed by atoms with Gasteiger partial charge < -0.3 is 15.8 Å². The van der Waals surface area contributed by atoms with Gasteiger partial charge in [0.1, 0.15) is 5.75 Å². The number of carbonyl (C=O) groups excluding carboxylic acids is 1. The summed E-state index contributed by atoms with van der Waals surface area (Å²) in [6.07, 6.45) is 0.120. The highest BCUT2D eigenvalue weighted by Crippen LogP contribution is 2.20. The Kier molecular flexibility index (Phi) is 5.04. The van der Waals surface area contributed by atoms with Crippen molar-refractivity contribution in [3.05, 3.63) is 59.7 Å². The summed E-state index contributed by atoms with van der Waals surface area (Å²) in [7, 11) is 0. The van der Waals surface area contributed by atoms with Crippen LogP contribution in [-0.2, 0) is 0 Å². The topological polar surface area (TPSA) is 64.3 Å². The number of nitrogens with one attached hydrogen (secondary N) is 1. The molecule has 2 rings (SSSR count). The highest BCUT2D eigenvalue weighted by Gasteiger charge is 2.12. The molecule has 0 fully saturated rings. The largest absolute Gasteiger partial charge is 0.491 e. The quantitative estimate of drug-likeness (QED) is 0.830. The Morgan fingerprint density at radius 2 is 1.77 bits per heavy atom. The third-order valence-electron chi connectivity index (χ3n) is 3.25. The van der Waals surface area contributed by atoms with E-state index in [2.05, 4.69) is 5.32 Å². The van der Waals surface area contributed by atoms with Crippen LogP contribution in [0.2, 0.25) is 0 Å². The maximum absolute atomic E-state index is 12.2. The molecule has 2 aromatic rings. The summed E-state index contributed by atoms with van der Waals surface area (Å²) in [4.78, 5) is 12.2. The van der Waals surface area contributed by atoms with Crippen molar-refractivity contribution in [1.29, 1.82) is 0 Å². The fourth-order valence-corrected chi connectivity index (χ4v) is 2.13. The number of nitrogens with two attached hydrogens (primary N) is 1. The number of anilines is 1. The number of ether oxygens (including phenoxy) is 1. The molecule has 4 heteroatoms. The van der Waals surface area contributed by atoms with Crippen molar-refractivity contribution >= 4 is 11.6 Å². The average molecular weight is 298 g/mol. The normalized spacial score (nSPS) is 12.0. The Balaban J connectivity index is 2.06. The van der Waals surface area contributed by atoms with Crippen LogP contribution in [0.1, 0.15) is 42.7 Å². The van der Waals surface area contributed by atoms with Crippen molar-refractivity contribution in [1.82, 2.24) is 5.32 Å². The van der Waals surface area contributed by atoms with Gasteiger partial charge in [-0.05, 0) is 62.7 Å². The molecule has 0 bridgehead atoms. The van der Waals surface area contributed by atoms with Crippen LogP contribution in [0.3, 0.4) is 0 Å². The number of amides is 1. The Bertz CT molecular complexity index is 636. The highest BCUT2D eigenvalue weighted by atomic mass is 16.5. The third-order valence-corrected chi connectivity index (χ3v) is 3.25. The minimum Gasteiger partial charge on any atom is -0.491 e. The maximum atomic E-state index is 12.2. The Hall–Kier alpha value is -2.49. The number of hydrogen-bond donors (Lipinski definition) is 2. The summed E-state index contributed by atoms with van der Waals surface area (Å²) in [6.45, 7) is 5.92. The van der Waals surface area contributed by atoms with E-state index in [0.717, 1.165) is 11.3 Å². The van der Waals surface area contributed by atoms with Crippen LogP contribution < -0.4 is 15.8 Å². The Morgan fingerprint density at radius 1 is 1.09 bits per heavy atom. The van der Waals surface area contributed by atoms with Gasteiger partial charge in [-0.25, -0.2) is 0 Å². The minimum absolute atomic E-state index is 0.110. The summed E-state index contributed by atoms with van der Waals surface area (Å²) >= 11 is 0. The lowest BCUT2D eigenvalue weighted by Gasteiger charge is -2.16. The molecular formula is C18H22N2O2. The predicted octanol–water partition coefficient (Wildman–Crippen LogP) is 3.55. The molecule has 0 spiro atoms. The lowest BCUT2D eigenvalue weighted by atomic mass is 10.1. The third kappa shape index (κ3) is 4.25. The van der Waals surface area contributed by atoms with Crippen LogP contribution in [0.4, 0.5) is 5.69 Å². The van der Waals surface area contributed by atoms with Crippen molar-refractivity contribution in [3.8, 4) is 5.75 Å². The van der Waals surface area contributed by atoms with Crippen LogP contribution in [0.15, 0.2) is 48.5 Å². The summed E-state index contributed by atoms with van der Waals surface area (Å²) in [5.41, 5.74) is 7.87. The van der Waals surface area contributed by atoms with E-state index in [1.54, 1.807) is 24.3 Å². The number of benzene rings is 2. The molecule has 1 atom stereocenters. The van der Waals surface area contributed by atoms with E-state index in [1.807, 2.05) is 45.0 Å². The van der Waals surface area contributed by atoms with E-state index in [0.29, 0.717) is 11.3 Å². The summed E-state index contributed by atoms with van der Waals surface area (Å²) in [6, 6.07) is 14.5. The molecule has 0 aliphatic heterocycles. The lowest BCUT2D eigenvalue weighted by molar-refractivity contribution is 0.0939. The van der Waals surface area contributed by atoms with Crippen LogP contribution >= 0.6 is 0 Å². The Labute approximate surface area is 131 Å². The number of rotatable bonds is 5. The molecular weight excluding hydrogens is 276 g/mol. The fourth-order valence-electron chi connectivity index (χ4n) is 2.13. The zero-order valence-electron chi connectivity index (χ0n) is 13.2. The molecule has 0 aliphatic rings. The first-order valence-corrected chi connectivity index (χ1v) is 7.38. The molecule has 3 N–H and O–H groups in total. The molecule has 0 heterocycles. The van der Waals surface area contributed by atoms with E-state index >= 15 is 0 Å². The number of nitrogen functional groups attached to an aromatic ring is 1. The van der Waals surface area contributed by atoms with Gasteiger partial charge in [-0.15, -0.1) is 0 Å². The van der Waals surface area contributed by atoms with E-state index in [9.17, 15) is 4.79 Å². The second-order valence-corrected chi connectivity index (χ2v) is 5.56. The van der Waals surface area contributed by atoms with Gasteiger partial charge in [0.05, 0.1) is 12.1 Å². The SMILES string of the molecule is CC(C)Oc1cccc(C(C)NC(=O)c2ccc(N)cc2)c1. The van der Waals surface area contributed by atoms with Crippen LogP contribution in [0.25, 0.3) is 0 Å².